The topological polar surface area (TPSA) is 79.6 Å². The van der Waals surface area contributed by atoms with Crippen LogP contribution < -0.4 is 15.8 Å². The zero-order valence-corrected chi connectivity index (χ0v) is 16.1. The number of carbonyl (C=O) groups excluding carboxylic acids is 1. The van der Waals surface area contributed by atoms with Gasteiger partial charge in [-0.25, -0.2) is 4.98 Å². The zero-order valence-electron chi connectivity index (χ0n) is 15.3. The Bertz CT molecular complexity index is 1040. The van der Waals surface area contributed by atoms with Gasteiger partial charge in [-0.05, 0) is 32.3 Å². The van der Waals surface area contributed by atoms with Crippen molar-refractivity contribution in [2.75, 3.05) is 11.4 Å². The van der Waals surface area contributed by atoms with Crippen molar-refractivity contribution in [3.8, 4) is 0 Å². The third kappa shape index (κ3) is 3.32. The number of anilines is 1. The number of hydrogen-bond acceptors (Lipinski definition) is 6. The van der Waals surface area contributed by atoms with Gasteiger partial charge in [0.05, 0.1) is 0 Å². The highest BCUT2D eigenvalue weighted by atomic mass is 32.1. The second-order valence-electron chi connectivity index (χ2n) is 6.76. The number of benzene rings is 1. The molecule has 1 N–H and O–H groups in total. The molecule has 3 aromatic rings. The quantitative estimate of drug-likeness (QED) is 0.746. The first-order chi connectivity index (χ1) is 13.0. The predicted molar refractivity (Wildman–Crippen MR) is 105 cm³/mol. The van der Waals surface area contributed by atoms with Gasteiger partial charge in [0.25, 0.3) is 5.56 Å². The highest BCUT2D eigenvalue weighted by molar-refractivity contribution is 7.20. The van der Waals surface area contributed by atoms with Gasteiger partial charge in [-0.15, -0.1) is 5.10 Å². The summed E-state index contributed by atoms with van der Waals surface area (Å²) >= 11 is 1.35. The van der Waals surface area contributed by atoms with Gasteiger partial charge < -0.3 is 10.2 Å². The Kier molecular flexibility index (Phi) is 4.65. The largest absolute Gasteiger partial charge is 0.350 e. The number of aryl methyl sites for hydroxylation is 1. The standard InChI is InChI=1S/C19H21N5O2S/c1-12-13(2)21-18-24(17(12)26)22-19(27-18)23-10-6-9-15(23)16(25)20-11-14-7-4-3-5-8-14/h3-5,7-8,15H,6,9-11H2,1-2H3,(H,20,25). The summed E-state index contributed by atoms with van der Waals surface area (Å²) in [6, 6.07) is 9.58. The zero-order chi connectivity index (χ0) is 19.0. The number of rotatable bonds is 4. The third-order valence-corrected chi connectivity index (χ3v) is 5.92. The molecule has 1 aromatic carbocycles. The minimum atomic E-state index is -0.271. The SMILES string of the molecule is Cc1nc2sc(N3CCCC3C(=O)NCc3ccccc3)nn2c(=O)c1C. The van der Waals surface area contributed by atoms with Crippen molar-refractivity contribution >= 4 is 27.3 Å². The van der Waals surface area contributed by atoms with E-state index >= 15 is 0 Å². The van der Waals surface area contributed by atoms with E-state index in [4.69, 9.17) is 0 Å². The van der Waals surface area contributed by atoms with Gasteiger partial charge in [0.1, 0.15) is 6.04 Å². The van der Waals surface area contributed by atoms with Gasteiger partial charge in [0, 0.05) is 24.3 Å². The minimum Gasteiger partial charge on any atom is -0.350 e. The first kappa shape index (κ1) is 17.7. The molecule has 0 spiro atoms. The van der Waals surface area contributed by atoms with Crippen molar-refractivity contribution in [2.45, 2.75) is 39.3 Å². The molecular weight excluding hydrogens is 362 g/mol. The summed E-state index contributed by atoms with van der Waals surface area (Å²) in [5.41, 5.74) is 2.23. The third-order valence-electron chi connectivity index (χ3n) is 4.98. The Labute approximate surface area is 160 Å². The smallest absolute Gasteiger partial charge is 0.278 e. The molecule has 2 aromatic heterocycles. The number of hydrogen-bond donors (Lipinski definition) is 1. The van der Waals surface area contributed by atoms with E-state index in [2.05, 4.69) is 15.4 Å². The second kappa shape index (κ2) is 7.11. The van der Waals surface area contributed by atoms with Gasteiger partial charge >= 0.3 is 0 Å². The lowest BCUT2D eigenvalue weighted by atomic mass is 10.2. The van der Waals surface area contributed by atoms with Crippen LogP contribution in [-0.2, 0) is 11.3 Å². The maximum absolute atomic E-state index is 12.7. The van der Waals surface area contributed by atoms with E-state index in [0.29, 0.717) is 27.9 Å². The number of nitrogens with one attached hydrogen (secondary N) is 1. The van der Waals surface area contributed by atoms with Crippen molar-refractivity contribution in [3.05, 3.63) is 57.5 Å². The number of nitrogens with zero attached hydrogens (tertiary/aromatic N) is 4. The molecule has 0 radical (unpaired) electrons. The molecule has 1 saturated heterocycles. The lowest BCUT2D eigenvalue weighted by molar-refractivity contribution is -0.122. The number of fused-ring (bicyclic) bond motifs is 1. The summed E-state index contributed by atoms with van der Waals surface area (Å²) < 4.78 is 1.35. The normalized spacial score (nSPS) is 16.8. The molecule has 3 heterocycles. The highest BCUT2D eigenvalue weighted by Gasteiger charge is 2.33. The first-order valence-corrected chi connectivity index (χ1v) is 9.81. The molecule has 7 nitrogen and oxygen atoms in total. The number of carbonyl (C=O) groups is 1. The van der Waals surface area contributed by atoms with E-state index in [9.17, 15) is 9.59 Å². The van der Waals surface area contributed by atoms with Gasteiger partial charge in [0.15, 0.2) is 0 Å². The summed E-state index contributed by atoms with van der Waals surface area (Å²) in [6.45, 7) is 4.83. The van der Waals surface area contributed by atoms with Crippen LogP contribution in [0.4, 0.5) is 5.13 Å². The monoisotopic (exact) mass is 383 g/mol. The molecule has 1 aliphatic heterocycles. The van der Waals surface area contributed by atoms with E-state index in [-0.39, 0.29) is 17.5 Å². The summed E-state index contributed by atoms with van der Waals surface area (Å²) in [7, 11) is 0. The van der Waals surface area contributed by atoms with Gasteiger partial charge in [-0.2, -0.15) is 4.52 Å². The van der Waals surface area contributed by atoms with E-state index in [1.54, 1.807) is 6.92 Å². The van der Waals surface area contributed by atoms with E-state index < -0.39 is 0 Å². The van der Waals surface area contributed by atoms with Crippen LogP contribution >= 0.6 is 11.3 Å². The van der Waals surface area contributed by atoms with Crippen molar-refractivity contribution < 1.29 is 4.79 Å². The van der Waals surface area contributed by atoms with Gasteiger partial charge in [-0.1, -0.05) is 41.7 Å². The summed E-state index contributed by atoms with van der Waals surface area (Å²) in [5, 5.41) is 8.14. The van der Waals surface area contributed by atoms with E-state index in [0.717, 1.165) is 24.9 Å². The Hall–Kier alpha value is -2.74. The molecule has 1 amide bonds. The Balaban J connectivity index is 1.56. The number of aromatic nitrogens is 3. The molecule has 27 heavy (non-hydrogen) atoms. The lowest BCUT2D eigenvalue weighted by Gasteiger charge is -2.22. The molecule has 1 atom stereocenters. The predicted octanol–water partition coefficient (Wildman–Crippen LogP) is 2.05. The second-order valence-corrected chi connectivity index (χ2v) is 7.70. The fourth-order valence-corrected chi connectivity index (χ4v) is 4.32. The summed E-state index contributed by atoms with van der Waals surface area (Å²) in [4.78, 5) is 32.2. The van der Waals surface area contributed by atoms with Crippen LogP contribution in [0.25, 0.3) is 4.96 Å². The lowest BCUT2D eigenvalue weighted by Crippen LogP contribution is -2.43. The van der Waals surface area contributed by atoms with Crippen molar-refractivity contribution in [3.63, 3.8) is 0 Å². The van der Waals surface area contributed by atoms with Crippen LogP contribution in [0.3, 0.4) is 0 Å². The fraction of sp³-hybridized carbons (Fsp3) is 0.368. The van der Waals surface area contributed by atoms with Crippen LogP contribution in [0.15, 0.2) is 35.1 Å². The van der Waals surface area contributed by atoms with Crippen LogP contribution in [0.5, 0.6) is 0 Å². The molecule has 8 heteroatoms. The van der Waals surface area contributed by atoms with Crippen molar-refractivity contribution in [1.29, 1.82) is 0 Å². The molecular formula is C19H21N5O2S. The average Bonchev–Trinajstić information content (AvgIpc) is 3.32. The molecule has 0 bridgehead atoms. The Morgan fingerprint density at radius 1 is 1.30 bits per heavy atom. The maximum Gasteiger partial charge on any atom is 0.278 e. The van der Waals surface area contributed by atoms with E-state index in [1.807, 2.05) is 42.2 Å². The summed E-state index contributed by atoms with van der Waals surface area (Å²) in [5.74, 6) is -0.0109. The molecule has 140 valence electrons. The maximum atomic E-state index is 12.7. The van der Waals surface area contributed by atoms with Crippen molar-refractivity contribution in [1.82, 2.24) is 19.9 Å². The number of amides is 1. The van der Waals surface area contributed by atoms with Crippen LogP contribution in [-0.4, -0.2) is 33.1 Å². The Morgan fingerprint density at radius 3 is 2.85 bits per heavy atom. The fourth-order valence-electron chi connectivity index (χ4n) is 3.30. The average molecular weight is 383 g/mol. The van der Waals surface area contributed by atoms with Gasteiger partial charge in [0.2, 0.25) is 16.0 Å². The molecule has 0 saturated carbocycles. The molecule has 1 unspecified atom stereocenters. The highest BCUT2D eigenvalue weighted by Crippen LogP contribution is 2.29. The van der Waals surface area contributed by atoms with Crippen LogP contribution in [0, 0.1) is 13.8 Å². The molecule has 1 aliphatic rings. The first-order valence-electron chi connectivity index (χ1n) is 9.00. The van der Waals surface area contributed by atoms with Crippen LogP contribution in [0.2, 0.25) is 0 Å². The molecule has 1 fully saturated rings. The molecule has 4 rings (SSSR count). The minimum absolute atomic E-state index is 0.0109. The van der Waals surface area contributed by atoms with E-state index in [1.165, 1.54) is 15.9 Å². The summed E-state index contributed by atoms with van der Waals surface area (Å²) in [6.07, 6.45) is 1.69. The molecule has 0 aliphatic carbocycles. The van der Waals surface area contributed by atoms with Crippen molar-refractivity contribution in [2.24, 2.45) is 0 Å². The Morgan fingerprint density at radius 2 is 2.07 bits per heavy atom. The van der Waals surface area contributed by atoms with Gasteiger partial charge in [-0.3, -0.25) is 9.59 Å². The van der Waals surface area contributed by atoms with Crippen LogP contribution in [0.1, 0.15) is 29.7 Å².